The molecule has 0 spiro atoms. The normalized spacial score (nSPS) is 14.2. The van der Waals surface area contributed by atoms with E-state index in [1.165, 1.54) is 26.4 Å². The van der Waals surface area contributed by atoms with Crippen LogP contribution in [0.3, 0.4) is 0 Å². The molecule has 1 aliphatic heterocycles. The molecule has 0 unspecified atom stereocenters. The Labute approximate surface area is 165 Å². The van der Waals surface area contributed by atoms with E-state index in [0.717, 1.165) is 4.85 Å². The van der Waals surface area contributed by atoms with Gasteiger partial charge in [0.2, 0.25) is 9.84 Å². The van der Waals surface area contributed by atoms with Gasteiger partial charge in [-0.05, 0) is 35.1 Å². The van der Waals surface area contributed by atoms with Crippen LogP contribution in [0.1, 0.15) is 5.56 Å². The SMILES string of the molecule is COc1cc2c(cc1OC)S(=O)(=O)C(COC(=O)On1nnc3ccccc31)=C2. The predicted octanol–water partition coefficient (Wildman–Crippen LogP) is 1.84. The first kappa shape index (κ1) is 18.7. The number of methoxy groups -OCH3 is 2. The molecule has 2 heterocycles. The predicted molar refractivity (Wildman–Crippen MR) is 100 cm³/mol. The number of hydrogen-bond acceptors (Lipinski definition) is 9. The summed E-state index contributed by atoms with van der Waals surface area (Å²) >= 11 is 0. The Hall–Kier alpha value is -3.60. The molecular formula is C18H15N3O7S. The van der Waals surface area contributed by atoms with Gasteiger partial charge in [0, 0.05) is 6.07 Å². The fourth-order valence-corrected chi connectivity index (χ4v) is 4.34. The van der Waals surface area contributed by atoms with Gasteiger partial charge in [0.15, 0.2) is 11.5 Å². The van der Waals surface area contributed by atoms with E-state index in [-0.39, 0.29) is 15.6 Å². The summed E-state index contributed by atoms with van der Waals surface area (Å²) in [5.41, 5.74) is 1.40. The van der Waals surface area contributed by atoms with Crippen LogP contribution in [0.5, 0.6) is 11.5 Å². The van der Waals surface area contributed by atoms with Crippen molar-refractivity contribution < 1.29 is 32.3 Å². The molecule has 0 saturated carbocycles. The lowest BCUT2D eigenvalue weighted by Gasteiger charge is -2.10. The second-order valence-corrected chi connectivity index (χ2v) is 7.91. The molecule has 3 aromatic rings. The fraction of sp³-hybridized carbons (Fsp3) is 0.167. The number of carbonyl (C=O) groups is 1. The molecule has 0 radical (unpaired) electrons. The Kier molecular flexibility index (Phi) is 4.59. The maximum Gasteiger partial charge on any atom is 0.535 e. The smallest absolute Gasteiger partial charge is 0.493 e. The maximum atomic E-state index is 12.7. The lowest BCUT2D eigenvalue weighted by molar-refractivity contribution is 0.0459. The molecule has 4 rings (SSSR count). The van der Waals surface area contributed by atoms with Crippen molar-refractivity contribution >= 4 is 33.1 Å². The standard InChI is InChI=1S/C18H15N3O7S/c1-25-15-8-11-7-12(29(23,24)17(11)9-16(15)26-2)10-27-18(22)28-21-14-6-4-3-5-13(14)19-20-21/h3-9H,10H2,1-2H3. The quantitative estimate of drug-likeness (QED) is 0.452. The highest BCUT2D eigenvalue weighted by molar-refractivity contribution is 7.95. The minimum Gasteiger partial charge on any atom is -0.493 e. The van der Waals surface area contributed by atoms with Crippen LogP contribution in [0.4, 0.5) is 4.79 Å². The van der Waals surface area contributed by atoms with Crippen molar-refractivity contribution in [1.82, 2.24) is 15.2 Å². The van der Waals surface area contributed by atoms with E-state index >= 15 is 0 Å². The summed E-state index contributed by atoms with van der Waals surface area (Å²) in [4.78, 5) is 17.8. The van der Waals surface area contributed by atoms with E-state index in [1.54, 1.807) is 30.3 Å². The molecule has 0 atom stereocenters. The van der Waals surface area contributed by atoms with Gasteiger partial charge in [-0.2, -0.15) is 0 Å². The zero-order valence-electron chi connectivity index (χ0n) is 15.4. The fourth-order valence-electron chi connectivity index (χ4n) is 2.87. The molecule has 0 fully saturated rings. The number of para-hydroxylation sites is 1. The average Bonchev–Trinajstić information content (AvgIpc) is 3.23. The van der Waals surface area contributed by atoms with Crippen molar-refractivity contribution in [1.29, 1.82) is 0 Å². The molecule has 1 aliphatic rings. The Morgan fingerprint density at radius 1 is 1.10 bits per heavy atom. The van der Waals surface area contributed by atoms with Gasteiger partial charge in [-0.25, -0.2) is 13.2 Å². The van der Waals surface area contributed by atoms with Crippen LogP contribution in [0.25, 0.3) is 17.1 Å². The third kappa shape index (κ3) is 3.25. The highest BCUT2D eigenvalue weighted by atomic mass is 32.2. The van der Waals surface area contributed by atoms with E-state index in [0.29, 0.717) is 22.3 Å². The second kappa shape index (κ2) is 7.09. The van der Waals surface area contributed by atoms with Crippen molar-refractivity contribution in [3.63, 3.8) is 0 Å². The molecule has 10 nitrogen and oxygen atoms in total. The number of nitrogens with zero attached hydrogens (tertiary/aromatic N) is 3. The number of aromatic nitrogens is 3. The Morgan fingerprint density at radius 2 is 1.83 bits per heavy atom. The molecule has 150 valence electrons. The van der Waals surface area contributed by atoms with Crippen molar-refractivity contribution in [2.75, 3.05) is 20.8 Å². The summed E-state index contributed by atoms with van der Waals surface area (Å²) in [6.45, 7) is -0.507. The number of benzene rings is 2. The Morgan fingerprint density at radius 3 is 2.59 bits per heavy atom. The van der Waals surface area contributed by atoms with Gasteiger partial charge in [0.25, 0.3) is 0 Å². The van der Waals surface area contributed by atoms with E-state index in [1.807, 2.05) is 0 Å². The molecule has 0 aliphatic carbocycles. The number of hydrogen-bond donors (Lipinski definition) is 0. The zero-order chi connectivity index (χ0) is 20.6. The van der Waals surface area contributed by atoms with Crippen molar-refractivity contribution in [2.45, 2.75) is 4.90 Å². The Balaban J connectivity index is 1.50. The zero-order valence-corrected chi connectivity index (χ0v) is 16.2. The van der Waals surface area contributed by atoms with Crippen molar-refractivity contribution in [3.05, 3.63) is 46.9 Å². The lowest BCUT2D eigenvalue weighted by atomic mass is 10.2. The lowest BCUT2D eigenvalue weighted by Crippen LogP contribution is -2.23. The molecule has 29 heavy (non-hydrogen) atoms. The minimum atomic E-state index is -3.84. The van der Waals surface area contributed by atoms with Crippen LogP contribution in [0.2, 0.25) is 0 Å². The first-order valence-corrected chi connectivity index (χ1v) is 9.79. The monoisotopic (exact) mass is 417 g/mol. The number of sulfone groups is 1. The third-order valence-electron chi connectivity index (χ3n) is 4.28. The topological polar surface area (TPSA) is 119 Å². The van der Waals surface area contributed by atoms with E-state index < -0.39 is 22.6 Å². The molecule has 0 bridgehead atoms. The van der Waals surface area contributed by atoms with Gasteiger partial charge in [-0.15, -0.1) is 5.10 Å². The second-order valence-electron chi connectivity index (χ2n) is 5.94. The minimum absolute atomic E-state index is 0.0457. The van der Waals surface area contributed by atoms with E-state index in [2.05, 4.69) is 10.3 Å². The van der Waals surface area contributed by atoms with E-state index in [9.17, 15) is 13.2 Å². The summed E-state index contributed by atoms with van der Waals surface area (Å²) in [6.07, 6.45) is 0.285. The molecule has 0 amide bonds. The summed E-state index contributed by atoms with van der Waals surface area (Å²) < 4.78 is 40.8. The van der Waals surface area contributed by atoms with Crippen LogP contribution in [-0.4, -0.2) is 50.6 Å². The van der Waals surface area contributed by atoms with Gasteiger partial charge in [-0.1, -0.05) is 17.0 Å². The van der Waals surface area contributed by atoms with Crippen LogP contribution < -0.4 is 14.3 Å². The summed E-state index contributed by atoms with van der Waals surface area (Å²) in [5.74, 6) is 0.667. The first-order valence-electron chi connectivity index (χ1n) is 8.31. The van der Waals surface area contributed by atoms with Crippen LogP contribution in [-0.2, 0) is 14.6 Å². The van der Waals surface area contributed by atoms with Gasteiger partial charge >= 0.3 is 6.16 Å². The van der Waals surface area contributed by atoms with Gasteiger partial charge in [0.1, 0.15) is 17.6 Å². The van der Waals surface area contributed by atoms with Crippen LogP contribution >= 0.6 is 0 Å². The van der Waals surface area contributed by atoms with Crippen molar-refractivity contribution in [2.24, 2.45) is 0 Å². The summed E-state index contributed by atoms with van der Waals surface area (Å²) in [5, 5.41) is 7.54. The van der Waals surface area contributed by atoms with Crippen LogP contribution in [0.15, 0.2) is 46.2 Å². The maximum absolute atomic E-state index is 12.7. The highest BCUT2D eigenvalue weighted by Crippen LogP contribution is 2.40. The van der Waals surface area contributed by atoms with Crippen molar-refractivity contribution in [3.8, 4) is 11.5 Å². The average molecular weight is 417 g/mol. The van der Waals surface area contributed by atoms with Gasteiger partial charge in [-0.3, -0.25) is 4.84 Å². The number of rotatable bonds is 5. The summed E-state index contributed by atoms with van der Waals surface area (Å²) in [7, 11) is -0.979. The molecular weight excluding hydrogens is 402 g/mol. The number of fused-ring (bicyclic) bond motifs is 2. The molecule has 0 saturated heterocycles. The molecule has 2 aromatic carbocycles. The molecule has 11 heteroatoms. The summed E-state index contributed by atoms with van der Waals surface area (Å²) in [6, 6.07) is 9.75. The molecule has 0 N–H and O–H groups in total. The molecule has 1 aromatic heterocycles. The largest absolute Gasteiger partial charge is 0.535 e. The van der Waals surface area contributed by atoms with Gasteiger partial charge < -0.3 is 14.2 Å². The number of ether oxygens (including phenoxy) is 3. The number of carbonyl (C=O) groups excluding carboxylic acids is 1. The highest BCUT2D eigenvalue weighted by Gasteiger charge is 2.32. The first-order chi connectivity index (χ1) is 13.9. The van der Waals surface area contributed by atoms with E-state index in [4.69, 9.17) is 19.0 Å². The third-order valence-corrected chi connectivity index (χ3v) is 6.14. The van der Waals surface area contributed by atoms with Crippen LogP contribution in [0, 0.1) is 0 Å². The Bertz CT molecular complexity index is 1250. The van der Waals surface area contributed by atoms with Gasteiger partial charge in [0.05, 0.1) is 24.0 Å².